The first-order valence-electron chi connectivity index (χ1n) is 6.20. The monoisotopic (exact) mass is 303 g/mol. The number of hydrogen-bond donors (Lipinski definition) is 1. The summed E-state index contributed by atoms with van der Waals surface area (Å²) < 4.78 is 1.13. The Bertz CT molecular complexity index is 522. The van der Waals surface area contributed by atoms with Gasteiger partial charge in [-0.05, 0) is 43.1 Å². The topological polar surface area (TPSA) is 26.0 Å². The number of rotatable bonds is 4. The number of aryl methyl sites for hydroxylation is 1. The highest BCUT2D eigenvalue weighted by Crippen LogP contribution is 2.22. The zero-order valence-electron chi connectivity index (χ0n) is 10.6. The Kier molecular flexibility index (Phi) is 4.56. The molecule has 0 aliphatic heterocycles. The molecule has 1 atom stereocenters. The highest BCUT2D eigenvalue weighted by atomic mass is 79.9. The van der Waals surface area contributed by atoms with Crippen LogP contribution in [0.15, 0.2) is 53.0 Å². The Morgan fingerprint density at radius 2 is 1.89 bits per heavy atom. The van der Waals surface area contributed by atoms with Crippen LogP contribution in [0.2, 0.25) is 0 Å². The van der Waals surface area contributed by atoms with E-state index in [0.29, 0.717) is 12.5 Å². The van der Waals surface area contributed by atoms with E-state index in [0.717, 1.165) is 10.9 Å². The highest BCUT2D eigenvalue weighted by molar-refractivity contribution is 9.10. The molecule has 0 aliphatic rings. The Labute approximate surface area is 117 Å². The molecule has 0 spiro atoms. The number of benzene rings is 2. The Hall–Kier alpha value is -1.12. The van der Waals surface area contributed by atoms with Crippen molar-refractivity contribution in [3.63, 3.8) is 0 Å². The minimum absolute atomic E-state index is 0.388. The summed E-state index contributed by atoms with van der Waals surface area (Å²) in [6, 6.07) is 17.1. The van der Waals surface area contributed by atoms with Crippen LogP contribution in [0.25, 0.3) is 0 Å². The minimum atomic E-state index is 0.388. The third-order valence-electron chi connectivity index (χ3n) is 3.17. The van der Waals surface area contributed by atoms with Gasteiger partial charge >= 0.3 is 0 Å². The summed E-state index contributed by atoms with van der Waals surface area (Å²) in [6.07, 6.45) is 0.986. The van der Waals surface area contributed by atoms with E-state index >= 15 is 0 Å². The molecule has 2 aromatic rings. The molecule has 0 heterocycles. The predicted molar refractivity (Wildman–Crippen MR) is 80.8 cm³/mol. The van der Waals surface area contributed by atoms with Gasteiger partial charge in [-0.2, -0.15) is 0 Å². The molecule has 1 unspecified atom stereocenters. The van der Waals surface area contributed by atoms with Crippen molar-refractivity contribution < 1.29 is 0 Å². The highest BCUT2D eigenvalue weighted by Gasteiger charge is 2.10. The predicted octanol–water partition coefficient (Wildman–Crippen LogP) is 4.04. The molecule has 94 valence electrons. The fraction of sp³-hybridized carbons (Fsp3) is 0.250. The van der Waals surface area contributed by atoms with Crippen molar-refractivity contribution in [2.24, 2.45) is 5.73 Å². The zero-order valence-corrected chi connectivity index (χ0v) is 12.2. The van der Waals surface area contributed by atoms with Crippen LogP contribution in [0.5, 0.6) is 0 Å². The van der Waals surface area contributed by atoms with Crippen molar-refractivity contribution in [3.05, 3.63) is 69.7 Å². The first kappa shape index (κ1) is 13.3. The average Bonchev–Trinajstić information content (AvgIpc) is 2.36. The SMILES string of the molecule is Cc1cccc(C(CN)Cc2cccc(Br)c2)c1. The van der Waals surface area contributed by atoms with E-state index in [4.69, 9.17) is 5.73 Å². The van der Waals surface area contributed by atoms with Gasteiger partial charge in [-0.3, -0.25) is 0 Å². The smallest absolute Gasteiger partial charge is 0.0177 e. The molecule has 0 fully saturated rings. The lowest BCUT2D eigenvalue weighted by Gasteiger charge is -2.16. The van der Waals surface area contributed by atoms with E-state index in [9.17, 15) is 0 Å². The molecule has 2 aromatic carbocycles. The standard InChI is InChI=1S/C16H18BrN/c1-12-4-2-6-14(8-12)15(11-18)9-13-5-3-7-16(17)10-13/h2-8,10,15H,9,11,18H2,1H3. The van der Waals surface area contributed by atoms with Gasteiger partial charge in [-0.25, -0.2) is 0 Å². The largest absolute Gasteiger partial charge is 0.330 e. The van der Waals surface area contributed by atoms with E-state index in [-0.39, 0.29) is 0 Å². The second kappa shape index (κ2) is 6.17. The molecule has 2 heteroatoms. The molecule has 2 N–H and O–H groups in total. The lowest BCUT2D eigenvalue weighted by atomic mass is 9.91. The fourth-order valence-electron chi connectivity index (χ4n) is 2.21. The normalized spacial score (nSPS) is 12.4. The summed E-state index contributed by atoms with van der Waals surface area (Å²) in [5.41, 5.74) is 9.87. The van der Waals surface area contributed by atoms with Crippen LogP contribution < -0.4 is 5.73 Å². The van der Waals surface area contributed by atoms with Crippen molar-refractivity contribution in [2.75, 3.05) is 6.54 Å². The molecule has 1 nitrogen and oxygen atoms in total. The molecule has 0 aliphatic carbocycles. The van der Waals surface area contributed by atoms with E-state index in [1.807, 2.05) is 6.07 Å². The molecule has 0 saturated carbocycles. The third-order valence-corrected chi connectivity index (χ3v) is 3.66. The zero-order chi connectivity index (χ0) is 13.0. The Morgan fingerprint density at radius 1 is 1.11 bits per heavy atom. The average molecular weight is 304 g/mol. The van der Waals surface area contributed by atoms with Crippen molar-refractivity contribution >= 4 is 15.9 Å². The summed E-state index contributed by atoms with van der Waals surface area (Å²) in [4.78, 5) is 0. The molecule has 18 heavy (non-hydrogen) atoms. The van der Waals surface area contributed by atoms with Gasteiger partial charge in [0, 0.05) is 10.4 Å². The van der Waals surface area contributed by atoms with Gasteiger partial charge in [0.15, 0.2) is 0 Å². The molecular formula is C16H18BrN. The quantitative estimate of drug-likeness (QED) is 0.906. The Balaban J connectivity index is 2.19. The summed E-state index contributed by atoms with van der Waals surface area (Å²) in [7, 11) is 0. The first-order chi connectivity index (χ1) is 8.69. The van der Waals surface area contributed by atoms with Crippen molar-refractivity contribution in [1.82, 2.24) is 0 Å². The molecule has 0 bridgehead atoms. The van der Waals surface area contributed by atoms with E-state index < -0.39 is 0 Å². The fourth-order valence-corrected chi connectivity index (χ4v) is 2.66. The lowest BCUT2D eigenvalue weighted by Crippen LogP contribution is -2.15. The summed E-state index contributed by atoms with van der Waals surface area (Å²) >= 11 is 3.51. The summed E-state index contributed by atoms with van der Waals surface area (Å²) in [5, 5.41) is 0. The number of halogens is 1. The first-order valence-corrected chi connectivity index (χ1v) is 6.99. The van der Waals surface area contributed by atoms with Crippen LogP contribution >= 0.6 is 15.9 Å². The summed E-state index contributed by atoms with van der Waals surface area (Å²) in [5.74, 6) is 0.388. The van der Waals surface area contributed by atoms with Crippen LogP contribution in [0.1, 0.15) is 22.6 Å². The van der Waals surface area contributed by atoms with Crippen LogP contribution in [0, 0.1) is 6.92 Å². The third kappa shape index (κ3) is 3.44. The molecule has 2 rings (SSSR count). The van der Waals surface area contributed by atoms with Gasteiger partial charge < -0.3 is 5.73 Å². The maximum Gasteiger partial charge on any atom is 0.0177 e. The van der Waals surface area contributed by atoms with Gasteiger partial charge in [-0.15, -0.1) is 0 Å². The van der Waals surface area contributed by atoms with Gasteiger partial charge in [-0.1, -0.05) is 57.9 Å². The molecular weight excluding hydrogens is 286 g/mol. The Morgan fingerprint density at radius 3 is 2.56 bits per heavy atom. The second-order valence-electron chi connectivity index (χ2n) is 4.68. The van der Waals surface area contributed by atoms with Crippen LogP contribution in [-0.4, -0.2) is 6.54 Å². The van der Waals surface area contributed by atoms with Crippen molar-refractivity contribution in [2.45, 2.75) is 19.3 Å². The molecule has 0 aromatic heterocycles. The minimum Gasteiger partial charge on any atom is -0.330 e. The van der Waals surface area contributed by atoms with Gasteiger partial charge in [0.2, 0.25) is 0 Å². The number of nitrogens with two attached hydrogens (primary N) is 1. The summed E-state index contributed by atoms with van der Waals surface area (Å²) in [6.45, 7) is 2.80. The van der Waals surface area contributed by atoms with E-state index in [1.54, 1.807) is 0 Å². The lowest BCUT2D eigenvalue weighted by molar-refractivity contribution is 0.693. The maximum absolute atomic E-state index is 5.93. The van der Waals surface area contributed by atoms with E-state index in [2.05, 4.69) is 65.3 Å². The molecule has 0 radical (unpaired) electrons. The van der Waals surface area contributed by atoms with E-state index in [1.165, 1.54) is 16.7 Å². The second-order valence-corrected chi connectivity index (χ2v) is 5.60. The molecule has 0 saturated heterocycles. The van der Waals surface area contributed by atoms with Crippen molar-refractivity contribution in [3.8, 4) is 0 Å². The number of hydrogen-bond acceptors (Lipinski definition) is 1. The van der Waals surface area contributed by atoms with Crippen LogP contribution in [-0.2, 0) is 6.42 Å². The van der Waals surface area contributed by atoms with Crippen molar-refractivity contribution in [1.29, 1.82) is 0 Å². The maximum atomic E-state index is 5.93. The van der Waals surface area contributed by atoms with Crippen LogP contribution in [0.3, 0.4) is 0 Å². The van der Waals surface area contributed by atoms with Gasteiger partial charge in [0.05, 0.1) is 0 Å². The van der Waals surface area contributed by atoms with Gasteiger partial charge in [0.1, 0.15) is 0 Å². The molecule has 0 amide bonds. The van der Waals surface area contributed by atoms with Gasteiger partial charge in [0.25, 0.3) is 0 Å². The van der Waals surface area contributed by atoms with Crippen LogP contribution in [0.4, 0.5) is 0 Å².